The summed E-state index contributed by atoms with van der Waals surface area (Å²) < 4.78 is 5.85. The fourth-order valence-corrected chi connectivity index (χ4v) is 3.24. The highest BCUT2D eigenvalue weighted by atomic mass is 16.5. The number of ether oxygens (including phenoxy) is 1. The minimum Gasteiger partial charge on any atom is -0.470 e. The number of pyridine rings is 2. The van der Waals surface area contributed by atoms with Crippen molar-refractivity contribution in [3.63, 3.8) is 0 Å². The Balaban J connectivity index is 1.34. The van der Waals surface area contributed by atoms with E-state index in [0.717, 1.165) is 5.56 Å². The summed E-state index contributed by atoms with van der Waals surface area (Å²) in [6, 6.07) is 16.8. The van der Waals surface area contributed by atoms with Crippen LogP contribution in [-0.4, -0.2) is 41.4 Å². The topological polar surface area (TPSA) is 96.5 Å². The van der Waals surface area contributed by atoms with Gasteiger partial charge in [0.1, 0.15) is 11.9 Å². The highest BCUT2D eigenvalue weighted by Gasteiger charge is 2.17. The molecule has 8 nitrogen and oxygen atoms in total. The van der Waals surface area contributed by atoms with Crippen LogP contribution in [0.4, 0.5) is 11.5 Å². The zero-order valence-electron chi connectivity index (χ0n) is 17.1. The molecule has 3 aromatic rings. The van der Waals surface area contributed by atoms with Crippen LogP contribution < -0.4 is 20.3 Å². The second-order valence-electron chi connectivity index (χ2n) is 7.19. The molecule has 158 valence electrons. The SMILES string of the molecule is CC(Oc1ccc(C(=O)Nc2ccc(N3CCNC(=O)C3)nc2)cn1)c1ccccc1. The summed E-state index contributed by atoms with van der Waals surface area (Å²) >= 11 is 0. The Kier molecular flexibility index (Phi) is 6.07. The Morgan fingerprint density at radius 3 is 2.61 bits per heavy atom. The van der Waals surface area contributed by atoms with Crippen molar-refractivity contribution >= 4 is 23.3 Å². The molecule has 31 heavy (non-hydrogen) atoms. The van der Waals surface area contributed by atoms with Gasteiger partial charge in [0.15, 0.2) is 0 Å². The van der Waals surface area contributed by atoms with E-state index in [-0.39, 0.29) is 24.5 Å². The molecule has 0 spiro atoms. The number of hydrogen-bond donors (Lipinski definition) is 2. The average molecular weight is 417 g/mol. The van der Waals surface area contributed by atoms with E-state index in [0.29, 0.717) is 36.0 Å². The van der Waals surface area contributed by atoms with Crippen LogP contribution in [0.1, 0.15) is 28.9 Å². The van der Waals surface area contributed by atoms with Crippen molar-refractivity contribution in [2.24, 2.45) is 0 Å². The highest BCUT2D eigenvalue weighted by Crippen LogP contribution is 2.20. The van der Waals surface area contributed by atoms with E-state index >= 15 is 0 Å². The number of anilines is 2. The third-order valence-electron chi connectivity index (χ3n) is 4.93. The number of hydrogen-bond acceptors (Lipinski definition) is 6. The molecule has 1 saturated heterocycles. The van der Waals surface area contributed by atoms with Crippen molar-refractivity contribution in [1.82, 2.24) is 15.3 Å². The first-order valence-electron chi connectivity index (χ1n) is 10.1. The Morgan fingerprint density at radius 1 is 1.10 bits per heavy atom. The Hall–Kier alpha value is -3.94. The lowest BCUT2D eigenvalue weighted by atomic mass is 10.1. The van der Waals surface area contributed by atoms with Gasteiger partial charge in [-0.25, -0.2) is 9.97 Å². The van der Waals surface area contributed by atoms with Gasteiger partial charge in [0, 0.05) is 25.4 Å². The first-order chi connectivity index (χ1) is 15.1. The molecule has 0 aliphatic carbocycles. The number of carbonyl (C=O) groups is 2. The molecular formula is C23H23N5O3. The zero-order valence-corrected chi connectivity index (χ0v) is 17.1. The fourth-order valence-electron chi connectivity index (χ4n) is 3.24. The van der Waals surface area contributed by atoms with E-state index in [1.165, 1.54) is 6.20 Å². The van der Waals surface area contributed by atoms with Crippen LogP contribution in [0.15, 0.2) is 67.0 Å². The predicted octanol–water partition coefficient (Wildman–Crippen LogP) is 2.81. The van der Waals surface area contributed by atoms with Gasteiger partial charge in [0.25, 0.3) is 5.91 Å². The first kappa shape index (κ1) is 20.3. The van der Waals surface area contributed by atoms with Gasteiger partial charge in [-0.3, -0.25) is 9.59 Å². The van der Waals surface area contributed by atoms with Gasteiger partial charge in [0.2, 0.25) is 11.8 Å². The van der Waals surface area contributed by atoms with Crippen molar-refractivity contribution in [1.29, 1.82) is 0 Å². The average Bonchev–Trinajstić information content (AvgIpc) is 2.80. The van der Waals surface area contributed by atoms with Crippen LogP contribution in [-0.2, 0) is 4.79 Å². The molecule has 1 aliphatic heterocycles. The quantitative estimate of drug-likeness (QED) is 0.640. The summed E-state index contributed by atoms with van der Waals surface area (Å²) in [5, 5.41) is 5.58. The third kappa shape index (κ3) is 5.16. The molecule has 2 aromatic heterocycles. The summed E-state index contributed by atoms with van der Waals surface area (Å²) in [7, 11) is 0. The van der Waals surface area contributed by atoms with Crippen molar-refractivity contribution in [3.8, 4) is 5.88 Å². The normalized spacial score (nSPS) is 14.5. The summed E-state index contributed by atoms with van der Waals surface area (Å²) in [6.07, 6.45) is 2.91. The largest absolute Gasteiger partial charge is 0.470 e. The van der Waals surface area contributed by atoms with Gasteiger partial charge in [-0.15, -0.1) is 0 Å². The maximum Gasteiger partial charge on any atom is 0.257 e. The molecule has 3 heterocycles. The monoisotopic (exact) mass is 417 g/mol. The van der Waals surface area contributed by atoms with Crippen molar-refractivity contribution < 1.29 is 14.3 Å². The standard InChI is InChI=1S/C23H23N5O3/c1-16(17-5-3-2-4-6-17)31-22-10-7-18(13-26-22)23(30)27-19-8-9-20(25-14-19)28-12-11-24-21(29)15-28/h2-10,13-14,16H,11-12,15H2,1H3,(H,24,29)(H,27,30). The third-order valence-corrected chi connectivity index (χ3v) is 4.93. The predicted molar refractivity (Wildman–Crippen MR) is 117 cm³/mol. The minimum atomic E-state index is -0.290. The van der Waals surface area contributed by atoms with Gasteiger partial charge < -0.3 is 20.3 Å². The lowest BCUT2D eigenvalue weighted by Crippen LogP contribution is -2.48. The van der Waals surface area contributed by atoms with Crippen LogP contribution in [0.5, 0.6) is 5.88 Å². The molecule has 0 radical (unpaired) electrons. The second kappa shape index (κ2) is 9.25. The number of carbonyl (C=O) groups excluding carboxylic acids is 2. The molecule has 2 N–H and O–H groups in total. The van der Waals surface area contributed by atoms with Crippen LogP contribution in [0, 0.1) is 0 Å². The van der Waals surface area contributed by atoms with Crippen molar-refractivity contribution in [2.75, 3.05) is 29.9 Å². The Bertz CT molecular complexity index is 1040. The van der Waals surface area contributed by atoms with E-state index in [9.17, 15) is 9.59 Å². The van der Waals surface area contributed by atoms with Crippen LogP contribution in [0.3, 0.4) is 0 Å². The first-order valence-corrected chi connectivity index (χ1v) is 10.1. The molecule has 1 aliphatic rings. The summed E-state index contributed by atoms with van der Waals surface area (Å²) in [6.45, 7) is 3.52. The van der Waals surface area contributed by atoms with Crippen LogP contribution >= 0.6 is 0 Å². The Morgan fingerprint density at radius 2 is 1.94 bits per heavy atom. The van der Waals surface area contributed by atoms with E-state index < -0.39 is 0 Å². The number of amides is 2. The van der Waals surface area contributed by atoms with E-state index in [4.69, 9.17) is 4.74 Å². The molecular weight excluding hydrogens is 394 g/mol. The maximum atomic E-state index is 12.5. The van der Waals surface area contributed by atoms with Crippen LogP contribution in [0.25, 0.3) is 0 Å². The number of rotatable bonds is 6. The molecule has 8 heteroatoms. The molecule has 0 bridgehead atoms. The number of piperazine rings is 1. The summed E-state index contributed by atoms with van der Waals surface area (Å²) in [5.41, 5.74) is 2.02. The molecule has 1 aromatic carbocycles. The molecule has 1 unspecified atom stereocenters. The minimum absolute atomic E-state index is 0.0245. The van der Waals surface area contributed by atoms with Gasteiger partial charge in [-0.2, -0.15) is 0 Å². The zero-order chi connectivity index (χ0) is 21.6. The summed E-state index contributed by atoms with van der Waals surface area (Å²) in [4.78, 5) is 34.5. The number of aromatic nitrogens is 2. The number of benzene rings is 1. The van der Waals surface area contributed by atoms with Crippen molar-refractivity contribution in [2.45, 2.75) is 13.0 Å². The highest BCUT2D eigenvalue weighted by molar-refractivity contribution is 6.04. The fraction of sp³-hybridized carbons (Fsp3) is 0.217. The maximum absolute atomic E-state index is 12.5. The van der Waals surface area contributed by atoms with Crippen molar-refractivity contribution in [3.05, 3.63) is 78.1 Å². The molecule has 0 saturated carbocycles. The van der Waals surface area contributed by atoms with E-state index in [1.54, 1.807) is 30.5 Å². The van der Waals surface area contributed by atoms with Gasteiger partial charge in [-0.1, -0.05) is 30.3 Å². The van der Waals surface area contributed by atoms with Gasteiger partial charge in [0.05, 0.1) is 24.0 Å². The number of nitrogens with one attached hydrogen (secondary N) is 2. The lowest BCUT2D eigenvalue weighted by Gasteiger charge is -2.27. The van der Waals surface area contributed by atoms with E-state index in [2.05, 4.69) is 20.6 Å². The van der Waals surface area contributed by atoms with E-state index in [1.807, 2.05) is 42.2 Å². The molecule has 4 rings (SSSR count). The Labute approximate surface area is 180 Å². The molecule has 2 amide bonds. The molecule has 1 atom stereocenters. The number of nitrogens with zero attached hydrogens (tertiary/aromatic N) is 3. The van der Waals surface area contributed by atoms with Crippen LogP contribution in [0.2, 0.25) is 0 Å². The molecule has 1 fully saturated rings. The summed E-state index contributed by atoms with van der Waals surface area (Å²) in [5.74, 6) is 0.832. The van der Waals surface area contributed by atoms with Gasteiger partial charge in [-0.05, 0) is 30.7 Å². The smallest absolute Gasteiger partial charge is 0.257 e. The lowest BCUT2D eigenvalue weighted by molar-refractivity contribution is -0.120. The second-order valence-corrected chi connectivity index (χ2v) is 7.19. The van der Waals surface area contributed by atoms with Gasteiger partial charge >= 0.3 is 0 Å².